The Balaban J connectivity index is 1.36. The molecule has 1 saturated heterocycles. The van der Waals surface area contributed by atoms with E-state index in [-0.39, 0.29) is 23.8 Å². The summed E-state index contributed by atoms with van der Waals surface area (Å²) >= 11 is 0. The smallest absolute Gasteiger partial charge is 0.323 e. The van der Waals surface area contributed by atoms with Crippen molar-refractivity contribution in [2.24, 2.45) is 5.92 Å². The lowest BCUT2D eigenvalue weighted by molar-refractivity contribution is -0.137. The Morgan fingerprint density at radius 2 is 1.80 bits per heavy atom. The number of hydrogen-bond donors (Lipinski definition) is 3. The van der Waals surface area contributed by atoms with E-state index in [0.29, 0.717) is 35.4 Å². The van der Waals surface area contributed by atoms with E-state index in [9.17, 15) is 23.1 Å². The summed E-state index contributed by atoms with van der Waals surface area (Å²) in [7, 11) is -4.12. The van der Waals surface area contributed by atoms with Crippen LogP contribution in [0.2, 0.25) is 0 Å². The minimum atomic E-state index is -4.12. The summed E-state index contributed by atoms with van der Waals surface area (Å²) in [5.41, 5.74) is 3.73. The summed E-state index contributed by atoms with van der Waals surface area (Å²) in [6.45, 7) is 3.09. The van der Waals surface area contributed by atoms with Crippen molar-refractivity contribution in [2.45, 2.75) is 43.7 Å². The van der Waals surface area contributed by atoms with Gasteiger partial charge < -0.3 is 19.6 Å². The fraction of sp³-hybridized carbons (Fsp3) is 0.300. The minimum absolute atomic E-state index is 0.0114. The van der Waals surface area contributed by atoms with Crippen molar-refractivity contribution >= 4 is 54.7 Å². The number of imidazole rings is 1. The lowest BCUT2D eigenvalue weighted by Crippen LogP contribution is -2.51. The van der Waals surface area contributed by atoms with E-state index in [0.717, 1.165) is 34.8 Å². The molecule has 10 nitrogen and oxygen atoms in total. The fourth-order valence-corrected chi connectivity index (χ4v) is 6.95. The van der Waals surface area contributed by atoms with E-state index in [2.05, 4.69) is 21.6 Å². The Labute approximate surface area is 237 Å². The number of carbonyl (C=O) groups excluding carboxylic acids is 1. The highest BCUT2D eigenvalue weighted by molar-refractivity contribution is 7.89. The summed E-state index contributed by atoms with van der Waals surface area (Å²) in [5.74, 6) is -0.718. The average Bonchev–Trinajstić information content (AvgIpc) is 3.55. The number of piperidine rings is 1. The lowest BCUT2D eigenvalue weighted by atomic mass is 9.98. The highest BCUT2D eigenvalue weighted by Gasteiger charge is 2.31. The van der Waals surface area contributed by atoms with Crippen LogP contribution in [0.15, 0.2) is 71.9 Å². The third-order valence-corrected chi connectivity index (χ3v) is 9.43. The van der Waals surface area contributed by atoms with Crippen molar-refractivity contribution in [3.8, 4) is 0 Å². The van der Waals surface area contributed by atoms with Crippen LogP contribution in [-0.4, -0.2) is 64.0 Å². The first-order valence-corrected chi connectivity index (χ1v) is 15.1. The molecule has 11 heteroatoms. The van der Waals surface area contributed by atoms with Gasteiger partial charge in [-0.25, -0.2) is 13.4 Å². The Morgan fingerprint density at radius 3 is 2.59 bits per heavy atom. The molecule has 41 heavy (non-hydrogen) atoms. The molecule has 2 aromatic heterocycles. The molecule has 0 spiro atoms. The Hall–Kier alpha value is -4.22. The van der Waals surface area contributed by atoms with Gasteiger partial charge in [0.25, 0.3) is 0 Å². The van der Waals surface area contributed by atoms with E-state index in [4.69, 9.17) is 0 Å². The Morgan fingerprint density at radius 1 is 1.05 bits per heavy atom. The number of carboxylic acid groups (broad SMARTS) is 1. The number of aliphatic carboxylic acids is 1. The standard InChI is InChI=1S/C30H31N5O5S/c1-19-10-12-34(13-11-19)30(38)26(15-20-6-8-24-25(14-20)32-18-31-24)33-41(39,40)21-7-9-28-23(16-21)22-4-2-3-5-27(22)35(28)17-29(36)37/h2-9,14,16,18-19,26,33H,10-13,15,17H2,1H3,(H,31,32)(H,36,37). The van der Waals surface area contributed by atoms with Gasteiger partial charge >= 0.3 is 5.97 Å². The van der Waals surface area contributed by atoms with Crippen LogP contribution in [0.5, 0.6) is 0 Å². The average molecular weight is 574 g/mol. The number of benzene rings is 3. The lowest BCUT2D eigenvalue weighted by Gasteiger charge is -2.33. The molecule has 5 aromatic rings. The number of aromatic amines is 1. The molecule has 0 bridgehead atoms. The molecule has 1 fully saturated rings. The molecule has 1 unspecified atom stereocenters. The van der Waals surface area contributed by atoms with Crippen molar-refractivity contribution in [3.05, 3.63) is 72.6 Å². The number of likely N-dealkylation sites (tertiary alicyclic amines) is 1. The summed E-state index contributed by atoms with van der Waals surface area (Å²) in [6.07, 6.45) is 3.53. The topological polar surface area (TPSA) is 137 Å². The first-order chi connectivity index (χ1) is 19.7. The van der Waals surface area contributed by atoms with Gasteiger partial charge in [0.2, 0.25) is 15.9 Å². The van der Waals surface area contributed by atoms with E-state index in [1.807, 2.05) is 42.5 Å². The van der Waals surface area contributed by atoms with Crippen molar-refractivity contribution in [1.82, 2.24) is 24.2 Å². The van der Waals surface area contributed by atoms with Crippen molar-refractivity contribution in [3.63, 3.8) is 0 Å². The number of carboxylic acids is 1. The zero-order valence-electron chi connectivity index (χ0n) is 22.6. The molecule has 0 aliphatic carbocycles. The highest BCUT2D eigenvalue weighted by Crippen LogP contribution is 2.31. The van der Waals surface area contributed by atoms with Crippen molar-refractivity contribution in [1.29, 1.82) is 0 Å². The van der Waals surface area contributed by atoms with Crippen molar-refractivity contribution in [2.75, 3.05) is 13.1 Å². The van der Waals surface area contributed by atoms with Gasteiger partial charge in [0.1, 0.15) is 12.6 Å². The molecule has 1 aliphatic rings. The molecule has 3 aromatic carbocycles. The number of fused-ring (bicyclic) bond motifs is 4. The molecule has 0 radical (unpaired) electrons. The van der Waals surface area contributed by atoms with E-state index in [1.54, 1.807) is 27.9 Å². The monoisotopic (exact) mass is 573 g/mol. The Kier molecular flexibility index (Phi) is 7.00. The van der Waals surface area contributed by atoms with Gasteiger partial charge in [-0.3, -0.25) is 9.59 Å². The van der Waals surface area contributed by atoms with Crippen LogP contribution in [0.4, 0.5) is 0 Å². The van der Waals surface area contributed by atoms with Crippen LogP contribution in [0.25, 0.3) is 32.8 Å². The Bertz CT molecular complexity index is 1890. The van der Waals surface area contributed by atoms with Gasteiger partial charge in [0.05, 0.1) is 22.3 Å². The number of carbonyl (C=O) groups is 2. The second-order valence-corrected chi connectivity index (χ2v) is 12.5. The number of H-pyrrole nitrogens is 1. The number of para-hydroxylation sites is 1. The van der Waals surface area contributed by atoms with Gasteiger partial charge in [-0.15, -0.1) is 0 Å². The third kappa shape index (κ3) is 5.30. The maximum Gasteiger partial charge on any atom is 0.323 e. The van der Waals surface area contributed by atoms with Crippen LogP contribution in [0, 0.1) is 5.92 Å². The maximum absolute atomic E-state index is 13.8. The molecule has 1 amide bonds. The fourth-order valence-electron chi connectivity index (χ4n) is 5.74. The number of nitrogens with zero attached hydrogens (tertiary/aromatic N) is 3. The van der Waals surface area contributed by atoms with Crippen LogP contribution in [0.3, 0.4) is 0 Å². The molecule has 212 valence electrons. The predicted octanol–water partition coefficient (Wildman–Crippen LogP) is 3.90. The van der Waals surface area contributed by atoms with Gasteiger partial charge in [-0.2, -0.15) is 4.72 Å². The van der Waals surface area contributed by atoms with E-state index in [1.165, 1.54) is 6.07 Å². The number of rotatable bonds is 8. The number of amides is 1. The summed E-state index contributed by atoms with van der Waals surface area (Å²) in [5, 5.41) is 10.8. The normalized spacial score (nSPS) is 15.6. The number of nitrogens with one attached hydrogen (secondary N) is 2. The number of sulfonamides is 1. The largest absolute Gasteiger partial charge is 0.480 e. The maximum atomic E-state index is 13.8. The first kappa shape index (κ1) is 27.0. The van der Waals surface area contributed by atoms with Gasteiger partial charge in [-0.1, -0.05) is 31.2 Å². The summed E-state index contributed by atoms with van der Waals surface area (Å²) in [6, 6.07) is 16.5. The zero-order chi connectivity index (χ0) is 28.7. The van der Waals surface area contributed by atoms with Crippen LogP contribution >= 0.6 is 0 Å². The predicted molar refractivity (Wildman–Crippen MR) is 156 cm³/mol. The first-order valence-electron chi connectivity index (χ1n) is 13.7. The van der Waals surface area contributed by atoms with Gasteiger partial charge in [-0.05, 0) is 67.1 Å². The molecule has 3 heterocycles. The van der Waals surface area contributed by atoms with Gasteiger partial charge in [0, 0.05) is 34.9 Å². The minimum Gasteiger partial charge on any atom is -0.480 e. The van der Waals surface area contributed by atoms with Crippen molar-refractivity contribution < 1.29 is 23.1 Å². The molecule has 3 N–H and O–H groups in total. The SMILES string of the molecule is CC1CCN(C(=O)C(Cc2ccc3nc[nH]c3c2)NS(=O)(=O)c2ccc3c(c2)c2ccccc2n3CC(=O)O)CC1. The molecule has 1 atom stereocenters. The molecule has 0 saturated carbocycles. The van der Waals surface area contributed by atoms with E-state index < -0.39 is 22.0 Å². The highest BCUT2D eigenvalue weighted by atomic mass is 32.2. The number of aromatic nitrogens is 3. The summed E-state index contributed by atoms with van der Waals surface area (Å²) in [4.78, 5) is 34.4. The molecule has 1 aliphatic heterocycles. The summed E-state index contributed by atoms with van der Waals surface area (Å²) < 4.78 is 32.0. The molecule has 6 rings (SSSR count). The quantitative estimate of drug-likeness (QED) is 0.258. The number of hydrogen-bond acceptors (Lipinski definition) is 5. The second kappa shape index (κ2) is 10.6. The van der Waals surface area contributed by atoms with E-state index >= 15 is 0 Å². The van der Waals surface area contributed by atoms with Crippen LogP contribution < -0.4 is 4.72 Å². The zero-order valence-corrected chi connectivity index (χ0v) is 23.4. The van der Waals surface area contributed by atoms with Crippen LogP contribution in [0.1, 0.15) is 25.3 Å². The molecular weight excluding hydrogens is 542 g/mol. The van der Waals surface area contributed by atoms with Crippen LogP contribution in [-0.2, 0) is 32.6 Å². The second-order valence-electron chi connectivity index (χ2n) is 10.8. The van der Waals surface area contributed by atoms with Gasteiger partial charge in [0.15, 0.2) is 0 Å². The third-order valence-electron chi connectivity index (χ3n) is 7.96. The molecular formula is C30H31N5O5S.